The van der Waals surface area contributed by atoms with Gasteiger partial charge in [0, 0.05) is 5.69 Å². The minimum Gasteiger partial charge on any atom is -0.489 e. The molecule has 0 amide bonds. The topological polar surface area (TPSA) is 59.4 Å². The molecule has 0 aliphatic heterocycles. The Morgan fingerprint density at radius 3 is 2.83 bits per heavy atom. The van der Waals surface area contributed by atoms with Crippen LogP contribution in [0.15, 0.2) is 12.1 Å². The van der Waals surface area contributed by atoms with Crippen molar-refractivity contribution < 1.29 is 14.6 Å². The van der Waals surface area contributed by atoms with Crippen LogP contribution in [0.4, 0.5) is 0 Å². The van der Waals surface area contributed by atoms with Crippen LogP contribution in [0, 0.1) is 19.8 Å². The summed E-state index contributed by atoms with van der Waals surface area (Å²) in [6, 6.07) is 3.84. The molecule has 98 valence electrons. The zero-order valence-corrected chi connectivity index (χ0v) is 10.8. The standard InChI is InChI=1S/C14H19NO3/c1-9-6-7-13(10(2)15-9)18-12-5-3-4-11(8-12)14(16)17/h6-7,11-12H,3-5,8H2,1-2H3,(H,16,17)/t11-,12-/m0/s1. The number of hydrogen-bond donors (Lipinski definition) is 1. The number of aromatic nitrogens is 1. The Balaban J connectivity index is 2.02. The molecule has 1 aromatic heterocycles. The maximum Gasteiger partial charge on any atom is 0.306 e. The third kappa shape index (κ3) is 3.00. The summed E-state index contributed by atoms with van der Waals surface area (Å²) >= 11 is 0. The van der Waals surface area contributed by atoms with E-state index in [4.69, 9.17) is 9.84 Å². The van der Waals surface area contributed by atoms with E-state index in [0.29, 0.717) is 6.42 Å². The van der Waals surface area contributed by atoms with Gasteiger partial charge in [-0.3, -0.25) is 9.78 Å². The summed E-state index contributed by atoms with van der Waals surface area (Å²) in [5.74, 6) is -0.193. The van der Waals surface area contributed by atoms with E-state index >= 15 is 0 Å². The van der Waals surface area contributed by atoms with Crippen LogP contribution < -0.4 is 4.74 Å². The first-order valence-corrected chi connectivity index (χ1v) is 6.40. The fraction of sp³-hybridized carbons (Fsp3) is 0.571. The molecule has 4 heteroatoms. The summed E-state index contributed by atoms with van der Waals surface area (Å²) in [5.41, 5.74) is 1.83. The average molecular weight is 249 g/mol. The maximum atomic E-state index is 11.0. The summed E-state index contributed by atoms with van der Waals surface area (Å²) in [5, 5.41) is 9.05. The van der Waals surface area contributed by atoms with Gasteiger partial charge in [-0.1, -0.05) is 0 Å². The fourth-order valence-corrected chi connectivity index (χ4v) is 2.45. The first-order valence-electron chi connectivity index (χ1n) is 6.40. The molecule has 1 aliphatic rings. The molecule has 1 saturated carbocycles. The van der Waals surface area contributed by atoms with E-state index < -0.39 is 5.97 Å². The summed E-state index contributed by atoms with van der Waals surface area (Å²) in [7, 11) is 0. The van der Waals surface area contributed by atoms with Gasteiger partial charge in [-0.15, -0.1) is 0 Å². The molecule has 0 unspecified atom stereocenters. The number of carbonyl (C=O) groups is 1. The van der Waals surface area contributed by atoms with E-state index in [-0.39, 0.29) is 12.0 Å². The third-order valence-corrected chi connectivity index (χ3v) is 3.45. The van der Waals surface area contributed by atoms with Crippen LogP contribution in [0.25, 0.3) is 0 Å². The first kappa shape index (κ1) is 12.9. The number of rotatable bonds is 3. The number of carboxylic acids is 1. The zero-order chi connectivity index (χ0) is 13.1. The highest BCUT2D eigenvalue weighted by molar-refractivity contribution is 5.70. The highest BCUT2D eigenvalue weighted by Crippen LogP contribution is 2.28. The molecule has 0 aromatic carbocycles. The van der Waals surface area contributed by atoms with Crippen LogP contribution >= 0.6 is 0 Å². The Bertz CT molecular complexity index is 445. The zero-order valence-electron chi connectivity index (χ0n) is 10.8. The number of aliphatic carboxylic acids is 1. The van der Waals surface area contributed by atoms with Gasteiger partial charge in [-0.05, 0) is 51.7 Å². The van der Waals surface area contributed by atoms with Crippen molar-refractivity contribution in [2.24, 2.45) is 5.92 Å². The smallest absolute Gasteiger partial charge is 0.306 e. The molecule has 1 aliphatic carbocycles. The molecule has 2 atom stereocenters. The van der Waals surface area contributed by atoms with Crippen LogP contribution in [0.3, 0.4) is 0 Å². The number of pyridine rings is 1. The Morgan fingerprint density at radius 2 is 2.17 bits per heavy atom. The van der Waals surface area contributed by atoms with Crippen LogP contribution in [0.2, 0.25) is 0 Å². The van der Waals surface area contributed by atoms with Gasteiger partial charge in [0.2, 0.25) is 0 Å². The van der Waals surface area contributed by atoms with Crippen molar-refractivity contribution in [2.45, 2.75) is 45.6 Å². The Kier molecular flexibility index (Phi) is 3.84. The van der Waals surface area contributed by atoms with E-state index in [1.807, 2.05) is 26.0 Å². The van der Waals surface area contributed by atoms with E-state index in [1.54, 1.807) is 0 Å². The lowest BCUT2D eigenvalue weighted by Gasteiger charge is -2.27. The minimum atomic E-state index is -0.706. The molecule has 1 aromatic rings. The molecule has 1 N–H and O–H groups in total. The SMILES string of the molecule is Cc1ccc(O[C@H]2CCC[C@H](C(=O)O)C2)c(C)n1. The van der Waals surface area contributed by atoms with Gasteiger partial charge in [0.05, 0.1) is 17.7 Å². The van der Waals surface area contributed by atoms with Gasteiger partial charge in [0.25, 0.3) is 0 Å². The maximum absolute atomic E-state index is 11.0. The van der Waals surface area contributed by atoms with Crippen molar-refractivity contribution in [3.05, 3.63) is 23.5 Å². The summed E-state index contributed by atoms with van der Waals surface area (Å²) in [4.78, 5) is 15.3. The van der Waals surface area contributed by atoms with Gasteiger partial charge in [-0.25, -0.2) is 0 Å². The summed E-state index contributed by atoms with van der Waals surface area (Å²) < 4.78 is 5.90. The van der Waals surface area contributed by atoms with Crippen LogP contribution in [-0.2, 0) is 4.79 Å². The van der Waals surface area contributed by atoms with Gasteiger partial charge in [0.15, 0.2) is 0 Å². The predicted octanol–water partition coefficient (Wildman–Crippen LogP) is 2.72. The molecule has 0 bridgehead atoms. The van der Waals surface area contributed by atoms with Crippen molar-refractivity contribution in [3.63, 3.8) is 0 Å². The molecule has 1 fully saturated rings. The second-order valence-electron chi connectivity index (χ2n) is 4.98. The highest BCUT2D eigenvalue weighted by atomic mass is 16.5. The number of ether oxygens (including phenoxy) is 1. The van der Waals surface area contributed by atoms with E-state index in [0.717, 1.165) is 36.4 Å². The number of carboxylic acid groups (broad SMARTS) is 1. The van der Waals surface area contributed by atoms with E-state index in [2.05, 4.69) is 4.98 Å². The van der Waals surface area contributed by atoms with Gasteiger partial charge < -0.3 is 9.84 Å². The second-order valence-corrected chi connectivity index (χ2v) is 4.98. The molecular formula is C14H19NO3. The molecule has 4 nitrogen and oxygen atoms in total. The van der Waals surface area contributed by atoms with Crippen molar-refractivity contribution >= 4 is 5.97 Å². The summed E-state index contributed by atoms with van der Waals surface area (Å²) in [6.45, 7) is 3.86. The quantitative estimate of drug-likeness (QED) is 0.894. The van der Waals surface area contributed by atoms with Crippen molar-refractivity contribution in [1.29, 1.82) is 0 Å². The number of aryl methyl sites for hydroxylation is 2. The molecule has 0 saturated heterocycles. The lowest BCUT2D eigenvalue weighted by atomic mass is 9.87. The van der Waals surface area contributed by atoms with E-state index in [9.17, 15) is 4.79 Å². The van der Waals surface area contributed by atoms with Gasteiger partial charge >= 0.3 is 5.97 Å². The van der Waals surface area contributed by atoms with Gasteiger partial charge in [0.1, 0.15) is 5.75 Å². The van der Waals surface area contributed by atoms with E-state index in [1.165, 1.54) is 0 Å². The largest absolute Gasteiger partial charge is 0.489 e. The average Bonchev–Trinajstić information content (AvgIpc) is 2.33. The highest BCUT2D eigenvalue weighted by Gasteiger charge is 2.28. The van der Waals surface area contributed by atoms with Crippen molar-refractivity contribution in [3.8, 4) is 5.75 Å². The van der Waals surface area contributed by atoms with Crippen molar-refractivity contribution in [1.82, 2.24) is 4.98 Å². The normalized spacial score (nSPS) is 23.7. The summed E-state index contributed by atoms with van der Waals surface area (Å²) in [6.07, 6.45) is 3.21. The molecular weight excluding hydrogens is 230 g/mol. The number of hydrogen-bond acceptors (Lipinski definition) is 3. The molecule has 0 spiro atoms. The molecule has 0 radical (unpaired) electrons. The fourth-order valence-electron chi connectivity index (χ4n) is 2.45. The Hall–Kier alpha value is -1.58. The van der Waals surface area contributed by atoms with Crippen LogP contribution in [-0.4, -0.2) is 22.2 Å². The Labute approximate surface area is 107 Å². The lowest BCUT2D eigenvalue weighted by molar-refractivity contribution is -0.143. The Morgan fingerprint density at radius 1 is 1.39 bits per heavy atom. The predicted molar refractivity (Wildman–Crippen MR) is 67.7 cm³/mol. The monoisotopic (exact) mass is 249 g/mol. The lowest BCUT2D eigenvalue weighted by Crippen LogP contribution is -2.29. The van der Waals surface area contributed by atoms with Crippen molar-refractivity contribution in [2.75, 3.05) is 0 Å². The molecule has 1 heterocycles. The van der Waals surface area contributed by atoms with Gasteiger partial charge in [-0.2, -0.15) is 0 Å². The first-order chi connectivity index (χ1) is 8.56. The number of nitrogens with zero attached hydrogens (tertiary/aromatic N) is 1. The third-order valence-electron chi connectivity index (χ3n) is 3.45. The van der Waals surface area contributed by atoms with Crippen LogP contribution in [0.1, 0.15) is 37.1 Å². The van der Waals surface area contributed by atoms with Crippen LogP contribution in [0.5, 0.6) is 5.75 Å². The second kappa shape index (κ2) is 5.38. The molecule has 2 rings (SSSR count). The molecule has 18 heavy (non-hydrogen) atoms. The minimum absolute atomic E-state index is 0.00283.